The molecule has 6 rings (SSSR count). The zero-order valence-electron chi connectivity index (χ0n) is 20.7. The largest absolute Gasteiger partial charge is 0.490 e. The average Bonchev–Trinajstić information content (AvgIpc) is 3.36. The molecular formula is C30H28N4O3. The molecule has 0 amide bonds. The third-order valence-electron chi connectivity index (χ3n) is 6.72. The first-order valence-electron chi connectivity index (χ1n) is 12.7. The van der Waals surface area contributed by atoms with Crippen molar-refractivity contribution in [3.8, 4) is 22.9 Å². The Morgan fingerprint density at radius 1 is 0.946 bits per heavy atom. The number of nitrogens with zero attached hydrogens (tertiary/aromatic N) is 3. The summed E-state index contributed by atoms with van der Waals surface area (Å²) >= 11 is 0. The zero-order chi connectivity index (χ0) is 25.2. The van der Waals surface area contributed by atoms with E-state index in [9.17, 15) is 4.79 Å². The Labute approximate surface area is 215 Å². The topological polar surface area (TPSA) is 78.3 Å². The summed E-state index contributed by atoms with van der Waals surface area (Å²) < 4.78 is 14.0. The van der Waals surface area contributed by atoms with Crippen LogP contribution in [0.4, 0.5) is 5.95 Å². The van der Waals surface area contributed by atoms with Crippen LogP contribution in [0.15, 0.2) is 90.1 Å². The zero-order valence-corrected chi connectivity index (χ0v) is 20.7. The molecule has 186 valence electrons. The number of Topliss-reactive ketones (excluding diaryl/α,β-unsaturated/α-hetero) is 1. The molecule has 4 aromatic rings. The molecule has 1 aromatic heterocycles. The van der Waals surface area contributed by atoms with Gasteiger partial charge in [0.1, 0.15) is 12.6 Å². The predicted molar refractivity (Wildman–Crippen MR) is 141 cm³/mol. The lowest BCUT2D eigenvalue weighted by molar-refractivity contribution is -0.116. The Kier molecular flexibility index (Phi) is 6.18. The van der Waals surface area contributed by atoms with Gasteiger partial charge in [0.2, 0.25) is 5.95 Å². The van der Waals surface area contributed by atoms with Crippen LogP contribution in [0.2, 0.25) is 0 Å². The number of carbonyl (C=O) groups is 1. The van der Waals surface area contributed by atoms with Gasteiger partial charge in [-0.2, -0.15) is 4.98 Å². The van der Waals surface area contributed by atoms with Gasteiger partial charge in [0, 0.05) is 23.3 Å². The van der Waals surface area contributed by atoms with Crippen molar-refractivity contribution in [3.05, 3.63) is 101 Å². The molecule has 0 saturated carbocycles. The normalized spacial score (nSPS) is 16.6. The van der Waals surface area contributed by atoms with E-state index < -0.39 is 6.04 Å². The Morgan fingerprint density at radius 3 is 2.51 bits per heavy atom. The molecule has 7 nitrogen and oxygen atoms in total. The molecule has 1 atom stereocenters. The molecule has 2 aliphatic rings. The maximum absolute atomic E-state index is 13.2. The van der Waals surface area contributed by atoms with Crippen LogP contribution in [-0.4, -0.2) is 27.2 Å². The summed E-state index contributed by atoms with van der Waals surface area (Å²) in [6, 6.07) is 25.4. The summed E-state index contributed by atoms with van der Waals surface area (Å²) in [6.45, 7) is 2.89. The second-order valence-corrected chi connectivity index (χ2v) is 9.18. The van der Waals surface area contributed by atoms with Crippen LogP contribution in [0.5, 0.6) is 11.5 Å². The number of carbonyl (C=O) groups excluding carboxylic acids is 1. The molecule has 3 aromatic carbocycles. The van der Waals surface area contributed by atoms with Gasteiger partial charge in [0.25, 0.3) is 0 Å². The van der Waals surface area contributed by atoms with E-state index in [2.05, 4.69) is 5.32 Å². The highest BCUT2D eigenvalue weighted by atomic mass is 16.5. The summed E-state index contributed by atoms with van der Waals surface area (Å²) in [5, 5.41) is 8.26. The minimum Gasteiger partial charge on any atom is -0.490 e. The van der Waals surface area contributed by atoms with Crippen LogP contribution in [0, 0.1) is 0 Å². The summed E-state index contributed by atoms with van der Waals surface area (Å²) in [5.74, 6) is 2.71. The van der Waals surface area contributed by atoms with Crippen molar-refractivity contribution >= 4 is 11.7 Å². The molecule has 0 spiro atoms. The van der Waals surface area contributed by atoms with E-state index in [1.807, 2.05) is 90.5 Å². The van der Waals surface area contributed by atoms with E-state index in [-0.39, 0.29) is 5.78 Å². The van der Waals surface area contributed by atoms with Gasteiger partial charge >= 0.3 is 0 Å². The average molecular weight is 493 g/mol. The highest BCUT2D eigenvalue weighted by molar-refractivity contribution is 5.99. The van der Waals surface area contributed by atoms with Crippen molar-refractivity contribution in [3.63, 3.8) is 0 Å². The van der Waals surface area contributed by atoms with Crippen molar-refractivity contribution in [1.82, 2.24) is 14.8 Å². The number of hydrogen-bond acceptors (Lipinski definition) is 6. The number of anilines is 1. The fraction of sp³-hybridized carbons (Fsp3) is 0.233. The standard InChI is InChI=1S/C30H28N4O3/c1-2-36-26-18-22(16-17-25(26)37-19-20-10-5-3-6-11-20)28-27-23(14-9-15-24(27)35)31-30-32-29(33-34(28)30)21-12-7-4-8-13-21/h3-8,10-13,16-18,28H,2,9,14-15,19H2,1H3,(H,31,32,33)/t28-/m0/s1. The Morgan fingerprint density at radius 2 is 1.73 bits per heavy atom. The van der Waals surface area contributed by atoms with E-state index in [4.69, 9.17) is 19.6 Å². The molecule has 1 aliphatic heterocycles. The molecular weight excluding hydrogens is 464 g/mol. The molecule has 0 bridgehead atoms. The summed E-state index contributed by atoms with van der Waals surface area (Å²) in [5.41, 5.74) is 4.60. The maximum Gasteiger partial charge on any atom is 0.226 e. The predicted octanol–water partition coefficient (Wildman–Crippen LogP) is 5.94. The Balaban J connectivity index is 1.41. The number of hydrogen-bond donors (Lipinski definition) is 1. The third-order valence-corrected chi connectivity index (χ3v) is 6.72. The van der Waals surface area contributed by atoms with Crippen molar-refractivity contribution in [1.29, 1.82) is 0 Å². The molecule has 2 heterocycles. The van der Waals surface area contributed by atoms with Gasteiger partial charge in [-0.05, 0) is 43.0 Å². The van der Waals surface area contributed by atoms with E-state index >= 15 is 0 Å². The van der Waals surface area contributed by atoms with Crippen LogP contribution in [0.1, 0.15) is 43.4 Å². The quantitative estimate of drug-likeness (QED) is 0.344. The smallest absolute Gasteiger partial charge is 0.226 e. The maximum atomic E-state index is 13.2. The van der Waals surface area contributed by atoms with Crippen molar-refractivity contribution < 1.29 is 14.3 Å². The van der Waals surface area contributed by atoms with Gasteiger partial charge in [-0.25, -0.2) is 4.68 Å². The lowest BCUT2D eigenvalue weighted by Crippen LogP contribution is -2.31. The first kappa shape index (κ1) is 23.0. The molecule has 0 fully saturated rings. The summed E-state index contributed by atoms with van der Waals surface area (Å²) in [7, 11) is 0. The number of rotatable bonds is 7. The fourth-order valence-electron chi connectivity index (χ4n) is 4.99. The van der Waals surface area contributed by atoms with Gasteiger partial charge in [0.15, 0.2) is 23.1 Å². The third kappa shape index (κ3) is 4.48. The molecule has 0 saturated heterocycles. The minimum absolute atomic E-state index is 0.142. The number of allylic oxidation sites excluding steroid dienone is 2. The molecule has 37 heavy (non-hydrogen) atoms. The van der Waals surface area contributed by atoms with Crippen LogP contribution < -0.4 is 14.8 Å². The van der Waals surface area contributed by atoms with Gasteiger partial charge in [-0.1, -0.05) is 66.7 Å². The number of nitrogens with one attached hydrogen (secondary N) is 1. The highest BCUT2D eigenvalue weighted by Crippen LogP contribution is 2.42. The first-order valence-corrected chi connectivity index (χ1v) is 12.7. The lowest BCUT2D eigenvalue weighted by atomic mass is 9.85. The Bertz CT molecular complexity index is 1460. The van der Waals surface area contributed by atoms with E-state index in [1.165, 1.54) is 0 Å². The van der Waals surface area contributed by atoms with E-state index in [0.717, 1.165) is 40.8 Å². The monoisotopic (exact) mass is 492 g/mol. The number of fused-ring (bicyclic) bond motifs is 1. The fourth-order valence-corrected chi connectivity index (χ4v) is 4.99. The molecule has 0 unspecified atom stereocenters. The van der Waals surface area contributed by atoms with Crippen molar-refractivity contribution in [2.24, 2.45) is 0 Å². The summed E-state index contributed by atoms with van der Waals surface area (Å²) in [6.07, 6.45) is 2.17. The van der Waals surface area contributed by atoms with E-state index in [1.54, 1.807) is 0 Å². The molecule has 1 N–H and O–H groups in total. The first-order chi connectivity index (χ1) is 18.2. The van der Waals surface area contributed by atoms with Gasteiger partial charge in [-0.15, -0.1) is 5.10 Å². The number of ketones is 1. The molecule has 1 aliphatic carbocycles. The van der Waals surface area contributed by atoms with Crippen LogP contribution in [-0.2, 0) is 11.4 Å². The molecule has 7 heteroatoms. The van der Waals surface area contributed by atoms with E-state index in [0.29, 0.717) is 42.9 Å². The van der Waals surface area contributed by atoms with Crippen LogP contribution in [0.3, 0.4) is 0 Å². The van der Waals surface area contributed by atoms with Crippen LogP contribution in [0.25, 0.3) is 11.4 Å². The van der Waals surface area contributed by atoms with Crippen LogP contribution >= 0.6 is 0 Å². The Hall–Kier alpha value is -4.39. The molecule has 0 radical (unpaired) electrons. The SMILES string of the molecule is CCOc1cc([C@H]2C3=C(CCCC3=O)Nc3nc(-c4ccccc4)nn32)ccc1OCc1ccccc1. The number of benzene rings is 3. The number of aromatic nitrogens is 3. The lowest BCUT2D eigenvalue weighted by Gasteiger charge is -2.32. The van der Waals surface area contributed by atoms with Gasteiger partial charge in [0.05, 0.1) is 6.61 Å². The second-order valence-electron chi connectivity index (χ2n) is 9.18. The highest BCUT2D eigenvalue weighted by Gasteiger charge is 2.37. The van der Waals surface area contributed by atoms with Gasteiger partial charge in [-0.3, -0.25) is 4.79 Å². The second kappa shape index (κ2) is 9.93. The van der Waals surface area contributed by atoms with Gasteiger partial charge < -0.3 is 14.8 Å². The number of ether oxygens (including phenoxy) is 2. The van der Waals surface area contributed by atoms with Crippen molar-refractivity contribution in [2.45, 2.75) is 38.8 Å². The minimum atomic E-state index is -0.397. The van der Waals surface area contributed by atoms with Crippen molar-refractivity contribution in [2.75, 3.05) is 11.9 Å². The summed E-state index contributed by atoms with van der Waals surface area (Å²) in [4.78, 5) is 18.0.